The number of nitrogens with one attached hydrogen (secondary N) is 2. The Kier molecular flexibility index (Phi) is 2.51. The predicted molar refractivity (Wildman–Crippen MR) is 51.8 cm³/mol. The van der Waals surface area contributed by atoms with Gasteiger partial charge in [-0.15, -0.1) is 0 Å². The maximum atomic E-state index is 13.0. The minimum Gasteiger partial charge on any atom is -0.395 e. The van der Waals surface area contributed by atoms with E-state index in [1.54, 1.807) is 0 Å². The quantitative estimate of drug-likeness (QED) is 0.706. The Bertz CT molecular complexity index is 357. The molecule has 1 heterocycles. The topological polar surface area (TPSA) is 57.8 Å². The first-order valence-electron chi connectivity index (χ1n) is 3.91. The van der Waals surface area contributed by atoms with Crippen LogP contribution in [0.4, 0.5) is 10.2 Å². The molecule has 0 aliphatic heterocycles. The lowest BCUT2D eigenvalue weighted by Crippen LogP contribution is -2.34. The molecule has 1 aromatic heterocycles. The van der Waals surface area contributed by atoms with Crippen molar-refractivity contribution in [2.24, 2.45) is 0 Å². The van der Waals surface area contributed by atoms with Gasteiger partial charge in [-0.05, 0) is 0 Å². The van der Waals surface area contributed by atoms with Crippen molar-refractivity contribution < 1.29 is 4.39 Å². The summed E-state index contributed by atoms with van der Waals surface area (Å²) in [5, 5.41) is 0. The first-order chi connectivity index (χ1) is 5.88. The van der Waals surface area contributed by atoms with Gasteiger partial charge in [0.15, 0.2) is 5.82 Å². The molecule has 0 aromatic carbocycles. The summed E-state index contributed by atoms with van der Waals surface area (Å²) < 4.78 is 13.0. The Morgan fingerprint density at radius 3 is 2.69 bits per heavy atom. The van der Waals surface area contributed by atoms with Crippen LogP contribution in [-0.2, 0) is 0 Å². The number of rotatable bonds is 2. The van der Waals surface area contributed by atoms with Crippen molar-refractivity contribution in [3.05, 3.63) is 22.5 Å². The summed E-state index contributed by atoms with van der Waals surface area (Å²) in [7, 11) is -1.64. The molecule has 6 heteroatoms. The maximum Gasteiger partial charge on any atom is 0.346 e. The summed E-state index contributed by atoms with van der Waals surface area (Å²) in [6, 6.07) is 0. The summed E-state index contributed by atoms with van der Waals surface area (Å²) >= 11 is 0. The lowest BCUT2D eigenvalue weighted by Gasteiger charge is -2.18. The van der Waals surface area contributed by atoms with Gasteiger partial charge in [-0.3, -0.25) is 4.98 Å². The van der Waals surface area contributed by atoms with E-state index in [0.29, 0.717) is 0 Å². The van der Waals surface area contributed by atoms with E-state index in [1.807, 2.05) is 19.6 Å². The molecular weight excluding hydrogens is 189 g/mol. The first-order valence-corrected chi connectivity index (χ1v) is 7.41. The molecule has 0 spiro atoms. The highest BCUT2D eigenvalue weighted by molar-refractivity contribution is 6.79. The maximum absolute atomic E-state index is 13.0. The molecule has 0 bridgehead atoms. The molecule has 0 atom stereocenters. The lowest BCUT2D eigenvalue weighted by atomic mass is 10.6. The Balaban J connectivity index is 3.01. The zero-order valence-corrected chi connectivity index (χ0v) is 8.81. The third-order valence-corrected chi connectivity index (χ3v) is 2.27. The molecule has 0 unspecified atom stereocenters. The summed E-state index contributed by atoms with van der Waals surface area (Å²) in [4.78, 5) is 19.3. The molecule has 1 aromatic rings. The first kappa shape index (κ1) is 9.91. The molecule has 0 fully saturated rings. The van der Waals surface area contributed by atoms with Crippen LogP contribution >= 0.6 is 0 Å². The van der Waals surface area contributed by atoms with Gasteiger partial charge in [-0.2, -0.15) is 4.98 Å². The monoisotopic (exact) mass is 201 g/mol. The molecule has 4 nitrogen and oxygen atoms in total. The zero-order chi connectivity index (χ0) is 10.1. The van der Waals surface area contributed by atoms with E-state index in [9.17, 15) is 9.18 Å². The van der Waals surface area contributed by atoms with Gasteiger partial charge in [0.2, 0.25) is 0 Å². The number of nitrogens with zero attached hydrogens (tertiary/aromatic N) is 1. The number of hydrogen-bond acceptors (Lipinski definition) is 3. The average Bonchev–Trinajstić information content (AvgIpc) is 1.94. The van der Waals surface area contributed by atoms with Gasteiger partial charge in [-0.25, -0.2) is 9.18 Å². The molecule has 0 amide bonds. The molecule has 1 rings (SSSR count). The van der Waals surface area contributed by atoms with E-state index in [0.717, 1.165) is 6.20 Å². The molecule has 0 saturated heterocycles. The van der Waals surface area contributed by atoms with Gasteiger partial charge < -0.3 is 4.98 Å². The highest BCUT2D eigenvalue weighted by Gasteiger charge is 2.15. The SMILES string of the molecule is C[Si](C)(C)Nc1[nH]c(=O)ncc1F. The number of H-pyrrole nitrogens is 1. The van der Waals surface area contributed by atoms with Gasteiger partial charge >= 0.3 is 5.69 Å². The Labute approximate surface area is 76.3 Å². The molecule has 0 aliphatic carbocycles. The second kappa shape index (κ2) is 3.29. The molecule has 13 heavy (non-hydrogen) atoms. The molecule has 72 valence electrons. The number of aromatic amines is 1. The van der Waals surface area contributed by atoms with Crippen molar-refractivity contribution in [3.8, 4) is 0 Å². The molecular formula is C7H12FN3OSi. The average molecular weight is 201 g/mol. The normalized spacial score (nSPS) is 11.4. The van der Waals surface area contributed by atoms with Crippen LogP contribution < -0.4 is 10.7 Å². The largest absolute Gasteiger partial charge is 0.395 e. The smallest absolute Gasteiger partial charge is 0.346 e. The molecule has 0 saturated carbocycles. The van der Waals surface area contributed by atoms with E-state index in [2.05, 4.69) is 15.0 Å². The highest BCUT2D eigenvalue weighted by atomic mass is 28.3. The fourth-order valence-corrected chi connectivity index (χ4v) is 1.78. The minimum atomic E-state index is -1.64. The summed E-state index contributed by atoms with van der Waals surface area (Å²) in [5.74, 6) is -0.388. The Hall–Kier alpha value is -1.17. The van der Waals surface area contributed by atoms with E-state index >= 15 is 0 Å². The van der Waals surface area contributed by atoms with Crippen LogP contribution in [0.15, 0.2) is 11.0 Å². The van der Waals surface area contributed by atoms with Gasteiger partial charge in [0.05, 0.1) is 6.20 Å². The minimum absolute atomic E-state index is 0.138. The van der Waals surface area contributed by atoms with Crippen molar-refractivity contribution >= 4 is 14.1 Å². The van der Waals surface area contributed by atoms with Crippen LogP contribution in [-0.4, -0.2) is 18.2 Å². The van der Waals surface area contributed by atoms with Crippen LogP contribution in [0.1, 0.15) is 0 Å². The summed E-state index contributed by atoms with van der Waals surface area (Å²) in [6.07, 6.45) is 0.918. The van der Waals surface area contributed by atoms with Crippen molar-refractivity contribution in [1.29, 1.82) is 0 Å². The second-order valence-corrected chi connectivity index (χ2v) is 8.54. The number of halogens is 1. The highest BCUT2D eigenvalue weighted by Crippen LogP contribution is 2.10. The van der Waals surface area contributed by atoms with Gasteiger partial charge in [0.1, 0.15) is 14.1 Å². The summed E-state index contributed by atoms with van der Waals surface area (Å²) in [6.45, 7) is 6.02. The number of anilines is 1. The lowest BCUT2D eigenvalue weighted by molar-refractivity contribution is 0.616. The van der Waals surface area contributed by atoms with Crippen LogP contribution in [0.2, 0.25) is 19.6 Å². The molecule has 0 radical (unpaired) electrons. The van der Waals surface area contributed by atoms with Crippen LogP contribution in [0.25, 0.3) is 0 Å². The van der Waals surface area contributed by atoms with Crippen LogP contribution in [0.5, 0.6) is 0 Å². The van der Waals surface area contributed by atoms with Gasteiger partial charge in [-0.1, -0.05) is 19.6 Å². The second-order valence-electron chi connectivity index (χ2n) is 3.79. The molecule has 0 aliphatic rings. The van der Waals surface area contributed by atoms with Gasteiger partial charge in [0, 0.05) is 0 Å². The van der Waals surface area contributed by atoms with Crippen molar-refractivity contribution in [1.82, 2.24) is 9.97 Å². The Morgan fingerprint density at radius 1 is 1.54 bits per heavy atom. The fraction of sp³-hybridized carbons (Fsp3) is 0.429. The van der Waals surface area contributed by atoms with Gasteiger partial charge in [0.25, 0.3) is 0 Å². The standard InChI is InChI=1S/C7H12FN3OSi/c1-13(2,3)11-6-5(8)4-9-7(12)10-6/h4H,1-3H3,(H2,9,10,11,12). The van der Waals surface area contributed by atoms with Crippen LogP contribution in [0.3, 0.4) is 0 Å². The third-order valence-electron chi connectivity index (χ3n) is 1.27. The predicted octanol–water partition coefficient (Wildman–Crippen LogP) is 1.16. The van der Waals surface area contributed by atoms with Crippen LogP contribution in [0, 0.1) is 5.82 Å². The number of hydrogen-bond donors (Lipinski definition) is 2. The van der Waals surface area contributed by atoms with Crippen molar-refractivity contribution in [2.45, 2.75) is 19.6 Å². The van der Waals surface area contributed by atoms with E-state index in [-0.39, 0.29) is 5.82 Å². The third kappa shape index (κ3) is 2.98. The molecule has 2 N–H and O–H groups in total. The summed E-state index contributed by atoms with van der Waals surface area (Å²) in [5.41, 5.74) is -0.540. The fourth-order valence-electron chi connectivity index (χ4n) is 0.845. The number of aromatic nitrogens is 2. The van der Waals surface area contributed by atoms with Crippen molar-refractivity contribution in [2.75, 3.05) is 4.98 Å². The van der Waals surface area contributed by atoms with E-state index in [1.165, 1.54) is 0 Å². The zero-order valence-electron chi connectivity index (χ0n) is 7.81. The van der Waals surface area contributed by atoms with E-state index in [4.69, 9.17) is 0 Å². The Morgan fingerprint density at radius 2 is 2.15 bits per heavy atom. The van der Waals surface area contributed by atoms with Crippen molar-refractivity contribution in [3.63, 3.8) is 0 Å². The van der Waals surface area contributed by atoms with E-state index < -0.39 is 19.7 Å².